The van der Waals surface area contributed by atoms with Gasteiger partial charge in [-0.3, -0.25) is 0 Å². The molecule has 9 heteroatoms. The van der Waals surface area contributed by atoms with Gasteiger partial charge < -0.3 is 9.42 Å². The number of halogens is 2. The van der Waals surface area contributed by atoms with Crippen LogP contribution in [0.25, 0.3) is 17.0 Å². The average molecular weight is 422 g/mol. The highest BCUT2D eigenvalue weighted by Crippen LogP contribution is 2.63. The van der Waals surface area contributed by atoms with Gasteiger partial charge in [-0.15, -0.1) is 0 Å². The first-order chi connectivity index (χ1) is 15.0. The molecule has 4 heterocycles. The Hall–Kier alpha value is -3.36. The molecule has 2 atom stereocenters. The van der Waals surface area contributed by atoms with Crippen molar-refractivity contribution in [1.82, 2.24) is 24.7 Å². The summed E-state index contributed by atoms with van der Waals surface area (Å²) in [6.45, 7) is 4.69. The molecule has 3 aromatic heterocycles. The molecule has 1 saturated heterocycles. The van der Waals surface area contributed by atoms with Crippen molar-refractivity contribution < 1.29 is 13.3 Å². The SMILES string of the molecule is CC(C)c1nc(-c2cnn3ccc(N4CC[C@H]5C[C@]54c4cc(F)ccc4F)nc23)no1. The number of rotatable bonds is 4. The Balaban J connectivity index is 1.44. The van der Waals surface area contributed by atoms with E-state index in [2.05, 4.69) is 20.1 Å². The third kappa shape index (κ3) is 2.62. The van der Waals surface area contributed by atoms with Crippen LogP contribution in [0.4, 0.5) is 14.6 Å². The van der Waals surface area contributed by atoms with E-state index in [1.54, 1.807) is 10.7 Å². The van der Waals surface area contributed by atoms with Crippen LogP contribution in [0.2, 0.25) is 0 Å². The van der Waals surface area contributed by atoms with Gasteiger partial charge in [0.25, 0.3) is 0 Å². The van der Waals surface area contributed by atoms with Crippen LogP contribution in [0, 0.1) is 17.6 Å². The van der Waals surface area contributed by atoms with E-state index in [9.17, 15) is 8.78 Å². The molecule has 7 nitrogen and oxygen atoms in total. The van der Waals surface area contributed by atoms with Crippen LogP contribution in [0.5, 0.6) is 0 Å². The number of fused-ring (bicyclic) bond motifs is 2. The molecule has 0 radical (unpaired) electrons. The van der Waals surface area contributed by atoms with Crippen LogP contribution in [-0.2, 0) is 5.54 Å². The molecule has 0 spiro atoms. The summed E-state index contributed by atoms with van der Waals surface area (Å²) in [5.41, 5.74) is 1.11. The minimum atomic E-state index is -0.547. The lowest BCUT2D eigenvalue weighted by Crippen LogP contribution is -2.34. The quantitative estimate of drug-likeness (QED) is 0.488. The molecular weight excluding hydrogens is 402 g/mol. The summed E-state index contributed by atoms with van der Waals surface area (Å²) in [4.78, 5) is 11.4. The molecule has 158 valence electrons. The lowest BCUT2D eigenvalue weighted by molar-refractivity contribution is 0.365. The molecule has 0 unspecified atom stereocenters. The first kappa shape index (κ1) is 18.4. The molecule has 0 amide bonds. The fraction of sp³-hybridized carbons (Fsp3) is 0.364. The van der Waals surface area contributed by atoms with E-state index in [0.717, 1.165) is 25.5 Å². The highest BCUT2D eigenvalue weighted by Gasteiger charge is 2.64. The first-order valence-corrected chi connectivity index (χ1v) is 10.4. The normalized spacial score (nSPS) is 22.5. The zero-order chi connectivity index (χ0) is 21.3. The zero-order valence-electron chi connectivity index (χ0n) is 17.1. The second-order valence-electron chi connectivity index (χ2n) is 8.61. The van der Waals surface area contributed by atoms with Crippen molar-refractivity contribution in [3.63, 3.8) is 0 Å². The summed E-state index contributed by atoms with van der Waals surface area (Å²) >= 11 is 0. The van der Waals surface area contributed by atoms with Crippen LogP contribution in [0.3, 0.4) is 0 Å². The van der Waals surface area contributed by atoms with Crippen molar-refractivity contribution in [3.8, 4) is 11.4 Å². The Labute approximate surface area is 176 Å². The molecule has 4 aromatic rings. The van der Waals surface area contributed by atoms with Gasteiger partial charge in [-0.25, -0.2) is 18.3 Å². The van der Waals surface area contributed by atoms with Crippen molar-refractivity contribution in [1.29, 1.82) is 0 Å². The molecule has 1 aliphatic carbocycles. The van der Waals surface area contributed by atoms with Crippen LogP contribution in [-0.4, -0.2) is 31.3 Å². The molecular formula is C22H20F2N6O. The van der Waals surface area contributed by atoms with Gasteiger partial charge in [-0.2, -0.15) is 10.1 Å². The average Bonchev–Trinajstić information content (AvgIpc) is 3.13. The second-order valence-corrected chi connectivity index (χ2v) is 8.61. The summed E-state index contributed by atoms with van der Waals surface area (Å²) in [5, 5.41) is 8.43. The Morgan fingerprint density at radius 3 is 2.84 bits per heavy atom. The van der Waals surface area contributed by atoms with E-state index in [0.29, 0.717) is 34.3 Å². The third-order valence-electron chi connectivity index (χ3n) is 6.46. The Bertz CT molecular complexity index is 1310. The van der Waals surface area contributed by atoms with Crippen LogP contribution in [0.1, 0.15) is 44.1 Å². The maximum atomic E-state index is 14.7. The van der Waals surface area contributed by atoms with Crippen molar-refractivity contribution in [2.45, 2.75) is 38.1 Å². The Kier molecular flexibility index (Phi) is 3.75. The van der Waals surface area contributed by atoms with Gasteiger partial charge in [0.1, 0.15) is 17.5 Å². The number of hydrogen-bond acceptors (Lipinski definition) is 6. The Morgan fingerprint density at radius 1 is 1.19 bits per heavy atom. The molecule has 31 heavy (non-hydrogen) atoms. The van der Waals surface area contributed by atoms with Gasteiger partial charge in [0.2, 0.25) is 11.7 Å². The molecule has 0 bridgehead atoms. The largest absolute Gasteiger partial charge is 0.346 e. The van der Waals surface area contributed by atoms with Gasteiger partial charge in [0.05, 0.1) is 17.3 Å². The predicted octanol–water partition coefficient (Wildman–Crippen LogP) is 4.31. The molecule has 1 aromatic carbocycles. The van der Waals surface area contributed by atoms with E-state index in [1.165, 1.54) is 12.1 Å². The fourth-order valence-electron chi connectivity index (χ4n) is 4.84. The molecule has 1 aliphatic heterocycles. The van der Waals surface area contributed by atoms with Gasteiger partial charge in [0, 0.05) is 24.2 Å². The summed E-state index contributed by atoms with van der Waals surface area (Å²) in [6, 6.07) is 5.55. The highest BCUT2D eigenvalue weighted by molar-refractivity contribution is 5.73. The molecule has 6 rings (SSSR count). The highest BCUT2D eigenvalue weighted by atomic mass is 19.1. The minimum Gasteiger partial charge on any atom is -0.346 e. The standard InChI is InChI=1S/C22H20F2N6O/c1-12(2)21-27-19(28-31-21)15-11-25-30-8-6-18(26-20(15)30)29-7-5-13-10-22(13,29)16-9-14(23)3-4-17(16)24/h3-4,6,8-9,11-13H,5,7,10H2,1-2H3/t13-,22+/m0/s1. The van der Waals surface area contributed by atoms with Crippen molar-refractivity contribution >= 4 is 11.5 Å². The summed E-state index contributed by atoms with van der Waals surface area (Å²) in [6.07, 6.45) is 5.18. The lowest BCUT2D eigenvalue weighted by atomic mass is 10.0. The summed E-state index contributed by atoms with van der Waals surface area (Å²) in [5.74, 6) is 1.27. The zero-order valence-corrected chi connectivity index (χ0v) is 17.1. The second kappa shape index (κ2) is 6.32. The third-order valence-corrected chi connectivity index (χ3v) is 6.46. The number of nitrogens with zero attached hydrogens (tertiary/aromatic N) is 6. The monoisotopic (exact) mass is 422 g/mol. The maximum absolute atomic E-state index is 14.7. The first-order valence-electron chi connectivity index (χ1n) is 10.4. The number of piperidine rings is 1. The van der Waals surface area contributed by atoms with Crippen molar-refractivity contribution in [2.75, 3.05) is 11.4 Å². The van der Waals surface area contributed by atoms with Crippen LogP contribution >= 0.6 is 0 Å². The van der Waals surface area contributed by atoms with Gasteiger partial charge in [0.15, 0.2) is 5.65 Å². The minimum absolute atomic E-state index is 0.115. The number of anilines is 1. The van der Waals surface area contributed by atoms with E-state index in [1.807, 2.05) is 26.1 Å². The molecule has 1 saturated carbocycles. The van der Waals surface area contributed by atoms with E-state index >= 15 is 0 Å². The predicted molar refractivity (Wildman–Crippen MR) is 108 cm³/mol. The topological polar surface area (TPSA) is 72.3 Å². The van der Waals surface area contributed by atoms with Crippen LogP contribution in [0.15, 0.2) is 41.2 Å². The number of benzene rings is 1. The smallest absolute Gasteiger partial charge is 0.229 e. The van der Waals surface area contributed by atoms with Gasteiger partial charge >= 0.3 is 0 Å². The maximum Gasteiger partial charge on any atom is 0.229 e. The van der Waals surface area contributed by atoms with E-state index in [-0.39, 0.29) is 17.7 Å². The molecule has 2 fully saturated rings. The number of aromatic nitrogens is 5. The Morgan fingerprint density at radius 2 is 2.06 bits per heavy atom. The molecule has 2 aliphatic rings. The van der Waals surface area contributed by atoms with E-state index < -0.39 is 11.4 Å². The van der Waals surface area contributed by atoms with Crippen molar-refractivity contribution in [3.05, 3.63) is 59.7 Å². The lowest BCUT2D eigenvalue weighted by Gasteiger charge is -2.30. The number of hydrogen-bond donors (Lipinski definition) is 0. The van der Waals surface area contributed by atoms with Gasteiger partial charge in [-0.05, 0) is 43.0 Å². The van der Waals surface area contributed by atoms with Crippen molar-refractivity contribution in [2.24, 2.45) is 5.92 Å². The molecule has 0 N–H and O–H groups in total. The van der Waals surface area contributed by atoms with Gasteiger partial charge in [-0.1, -0.05) is 19.0 Å². The van der Waals surface area contributed by atoms with Crippen LogP contribution < -0.4 is 4.90 Å². The summed E-state index contributed by atoms with van der Waals surface area (Å²) in [7, 11) is 0. The summed E-state index contributed by atoms with van der Waals surface area (Å²) < 4.78 is 35.6. The van der Waals surface area contributed by atoms with E-state index in [4.69, 9.17) is 9.51 Å². The fourth-order valence-corrected chi connectivity index (χ4v) is 4.84.